The van der Waals surface area contributed by atoms with Gasteiger partial charge in [0.2, 0.25) is 0 Å². The number of sulfone groups is 1. The van der Waals surface area contributed by atoms with Crippen molar-refractivity contribution in [1.82, 2.24) is 0 Å². The maximum atomic E-state index is 13.0. The summed E-state index contributed by atoms with van der Waals surface area (Å²) in [6, 6.07) is 14.2. The number of anilines is 1. The minimum absolute atomic E-state index is 0.151. The van der Waals surface area contributed by atoms with Crippen molar-refractivity contribution in [3.63, 3.8) is 0 Å². The smallest absolute Gasteiger partial charge is 0.258 e. The van der Waals surface area contributed by atoms with E-state index in [1.54, 1.807) is 17.0 Å². The molecule has 1 heterocycles. The number of hydrogen-bond acceptors (Lipinski definition) is 3. The van der Waals surface area contributed by atoms with E-state index in [0.717, 1.165) is 24.8 Å². The average molecular weight is 343 g/mol. The quantitative estimate of drug-likeness (QED) is 0.836. The highest BCUT2D eigenvalue weighted by molar-refractivity contribution is 7.90. The van der Waals surface area contributed by atoms with Crippen LogP contribution in [0.15, 0.2) is 53.4 Å². The molecular formula is C19H21NO3S. The van der Waals surface area contributed by atoms with Crippen LogP contribution in [0.2, 0.25) is 0 Å². The lowest BCUT2D eigenvalue weighted by molar-refractivity contribution is 0.0986. The molecule has 2 aromatic rings. The summed E-state index contributed by atoms with van der Waals surface area (Å²) in [5.41, 5.74) is 2.50. The second-order valence-electron chi connectivity index (χ2n) is 6.36. The molecule has 0 unspecified atom stereocenters. The molecule has 0 aromatic heterocycles. The molecule has 0 aliphatic carbocycles. The van der Waals surface area contributed by atoms with Gasteiger partial charge in [0.1, 0.15) is 0 Å². The van der Waals surface area contributed by atoms with Gasteiger partial charge in [-0.3, -0.25) is 4.79 Å². The molecular weight excluding hydrogens is 322 g/mol. The maximum absolute atomic E-state index is 13.0. The molecule has 0 spiro atoms. The molecule has 3 rings (SSSR count). The van der Waals surface area contributed by atoms with Crippen molar-refractivity contribution in [1.29, 1.82) is 0 Å². The van der Waals surface area contributed by atoms with E-state index in [4.69, 9.17) is 0 Å². The molecule has 2 aromatic carbocycles. The molecule has 0 saturated carbocycles. The van der Waals surface area contributed by atoms with E-state index in [-0.39, 0.29) is 10.8 Å². The van der Waals surface area contributed by atoms with Crippen molar-refractivity contribution in [3.05, 3.63) is 59.7 Å². The highest BCUT2D eigenvalue weighted by Gasteiger charge is 2.25. The van der Waals surface area contributed by atoms with E-state index in [1.165, 1.54) is 17.7 Å². The summed E-state index contributed by atoms with van der Waals surface area (Å²) >= 11 is 0. The number of rotatable bonds is 2. The molecule has 4 nitrogen and oxygen atoms in total. The van der Waals surface area contributed by atoms with Gasteiger partial charge in [-0.1, -0.05) is 31.2 Å². The van der Waals surface area contributed by atoms with Gasteiger partial charge in [0.25, 0.3) is 5.91 Å². The zero-order valence-corrected chi connectivity index (χ0v) is 14.7. The summed E-state index contributed by atoms with van der Waals surface area (Å²) in [6.45, 7) is 2.82. The number of benzene rings is 2. The summed E-state index contributed by atoms with van der Waals surface area (Å²) < 4.78 is 23.5. The van der Waals surface area contributed by atoms with Crippen molar-refractivity contribution >= 4 is 21.4 Å². The van der Waals surface area contributed by atoms with Gasteiger partial charge >= 0.3 is 0 Å². The zero-order valence-electron chi connectivity index (χ0n) is 13.9. The third-order valence-corrected chi connectivity index (χ3v) is 5.64. The first kappa shape index (κ1) is 16.7. The Hall–Kier alpha value is -2.14. The van der Waals surface area contributed by atoms with Gasteiger partial charge in [-0.05, 0) is 48.6 Å². The van der Waals surface area contributed by atoms with Crippen molar-refractivity contribution in [2.75, 3.05) is 17.7 Å². The normalized spacial score (nSPS) is 17.9. The monoisotopic (exact) mass is 343 g/mol. The summed E-state index contributed by atoms with van der Waals surface area (Å²) in [4.78, 5) is 15.0. The fourth-order valence-electron chi connectivity index (χ4n) is 3.21. The van der Waals surface area contributed by atoms with E-state index in [2.05, 4.69) is 13.0 Å². The second-order valence-corrected chi connectivity index (χ2v) is 8.37. The molecule has 24 heavy (non-hydrogen) atoms. The Morgan fingerprint density at radius 3 is 2.62 bits per heavy atom. The van der Waals surface area contributed by atoms with Crippen LogP contribution in [0.5, 0.6) is 0 Å². The average Bonchev–Trinajstić information content (AvgIpc) is 2.73. The molecule has 0 saturated heterocycles. The number of para-hydroxylation sites is 1. The third-order valence-electron chi connectivity index (χ3n) is 4.53. The number of amides is 1. The molecule has 1 aliphatic rings. The molecule has 0 bridgehead atoms. The van der Waals surface area contributed by atoms with Gasteiger partial charge in [-0.25, -0.2) is 8.42 Å². The number of nitrogens with zero attached hydrogens (tertiary/aromatic N) is 1. The van der Waals surface area contributed by atoms with Crippen LogP contribution >= 0.6 is 0 Å². The van der Waals surface area contributed by atoms with Crippen LogP contribution in [0, 0.1) is 0 Å². The van der Waals surface area contributed by atoms with Gasteiger partial charge < -0.3 is 4.90 Å². The molecule has 126 valence electrons. The van der Waals surface area contributed by atoms with E-state index in [1.807, 2.05) is 18.2 Å². The van der Waals surface area contributed by atoms with Crippen LogP contribution in [0.25, 0.3) is 0 Å². The van der Waals surface area contributed by atoms with Gasteiger partial charge in [0, 0.05) is 24.1 Å². The molecule has 0 fully saturated rings. The summed E-state index contributed by atoms with van der Waals surface area (Å²) in [5, 5.41) is 0. The first-order valence-corrected chi connectivity index (χ1v) is 9.98. The van der Waals surface area contributed by atoms with Crippen LogP contribution in [0.4, 0.5) is 5.69 Å². The molecule has 1 atom stereocenters. The number of fused-ring (bicyclic) bond motifs is 1. The van der Waals surface area contributed by atoms with E-state index >= 15 is 0 Å². The minimum atomic E-state index is -3.34. The molecule has 1 amide bonds. The first-order valence-electron chi connectivity index (χ1n) is 8.09. The lowest BCUT2D eigenvalue weighted by Crippen LogP contribution is -2.31. The van der Waals surface area contributed by atoms with Gasteiger partial charge in [-0.2, -0.15) is 0 Å². The van der Waals surface area contributed by atoms with Gasteiger partial charge in [0.15, 0.2) is 9.84 Å². The molecule has 1 aliphatic heterocycles. The van der Waals surface area contributed by atoms with Crippen molar-refractivity contribution in [2.45, 2.75) is 30.6 Å². The lowest BCUT2D eigenvalue weighted by atomic mass is 9.96. The Balaban J connectivity index is 2.03. The Labute approximate surface area is 143 Å². The zero-order chi connectivity index (χ0) is 17.3. The molecule has 0 N–H and O–H groups in total. The number of hydrogen-bond donors (Lipinski definition) is 0. The third kappa shape index (κ3) is 3.22. The Morgan fingerprint density at radius 1 is 1.12 bits per heavy atom. The van der Waals surface area contributed by atoms with Crippen molar-refractivity contribution in [2.24, 2.45) is 0 Å². The van der Waals surface area contributed by atoms with Gasteiger partial charge in [-0.15, -0.1) is 0 Å². The lowest BCUT2D eigenvalue weighted by Gasteiger charge is -2.23. The van der Waals surface area contributed by atoms with Crippen molar-refractivity contribution < 1.29 is 13.2 Å². The van der Waals surface area contributed by atoms with E-state index in [9.17, 15) is 13.2 Å². The Morgan fingerprint density at radius 2 is 1.88 bits per heavy atom. The van der Waals surface area contributed by atoms with Crippen LogP contribution in [-0.2, 0) is 9.84 Å². The second kappa shape index (κ2) is 6.40. The Kier molecular flexibility index (Phi) is 4.45. The van der Waals surface area contributed by atoms with E-state index < -0.39 is 9.84 Å². The maximum Gasteiger partial charge on any atom is 0.258 e. The molecule has 5 heteroatoms. The predicted molar refractivity (Wildman–Crippen MR) is 95.3 cm³/mol. The van der Waals surface area contributed by atoms with Gasteiger partial charge in [0.05, 0.1) is 4.90 Å². The topological polar surface area (TPSA) is 54.5 Å². The van der Waals surface area contributed by atoms with Crippen LogP contribution < -0.4 is 4.90 Å². The van der Waals surface area contributed by atoms with Crippen LogP contribution in [0.1, 0.15) is 41.6 Å². The number of carbonyl (C=O) groups excluding carboxylic acids is 1. The summed E-state index contributed by atoms with van der Waals surface area (Å²) in [7, 11) is -3.34. The highest BCUT2D eigenvalue weighted by atomic mass is 32.2. The fraction of sp³-hybridized carbons (Fsp3) is 0.316. The van der Waals surface area contributed by atoms with Crippen LogP contribution in [0.3, 0.4) is 0 Å². The Bertz CT molecular complexity index is 874. The first-order chi connectivity index (χ1) is 11.4. The largest absolute Gasteiger partial charge is 0.308 e. The standard InChI is InChI=1S/C19H21NO3S/c1-14-7-6-12-20(18-11-4-3-10-17(14)18)19(21)15-8-5-9-16(13-15)24(2,22)23/h3-5,8-11,13-14H,6-7,12H2,1-2H3/t14-/m1/s1. The molecule has 0 radical (unpaired) electrons. The number of carbonyl (C=O) groups is 1. The minimum Gasteiger partial charge on any atom is -0.308 e. The fourth-order valence-corrected chi connectivity index (χ4v) is 3.87. The highest BCUT2D eigenvalue weighted by Crippen LogP contribution is 2.34. The van der Waals surface area contributed by atoms with Crippen molar-refractivity contribution in [3.8, 4) is 0 Å². The van der Waals surface area contributed by atoms with E-state index in [0.29, 0.717) is 18.0 Å². The summed E-state index contributed by atoms with van der Waals surface area (Å²) in [6.07, 6.45) is 3.11. The predicted octanol–water partition coefficient (Wildman–Crippen LogP) is 3.63. The van der Waals surface area contributed by atoms with Crippen LogP contribution in [-0.4, -0.2) is 27.1 Å². The summed E-state index contributed by atoms with van der Waals surface area (Å²) in [5.74, 6) is 0.253. The SMILES string of the molecule is C[C@@H]1CCCN(C(=O)c2cccc(S(C)(=O)=O)c2)c2ccccc21.